The smallest absolute Gasteiger partial charge is 0.413 e. The van der Waals surface area contributed by atoms with Gasteiger partial charge in [-0.15, -0.1) is 0 Å². The van der Waals surface area contributed by atoms with Crippen LogP contribution in [0.2, 0.25) is 0 Å². The molecule has 6 heteroatoms. The Balaban J connectivity index is 1.70. The van der Waals surface area contributed by atoms with Crippen LogP contribution in [0.1, 0.15) is 43.7 Å². The molecule has 1 saturated heterocycles. The fraction of sp³-hybridized carbons (Fsp3) is 0.440. The molecule has 0 spiro atoms. The minimum atomic E-state index is -1.10. The molecule has 2 aromatic carbocycles. The summed E-state index contributed by atoms with van der Waals surface area (Å²) in [6.07, 6.45) is 3.89. The van der Waals surface area contributed by atoms with E-state index in [0.29, 0.717) is 5.75 Å². The largest absolute Gasteiger partial charge is 0.480 e. The van der Waals surface area contributed by atoms with Crippen molar-refractivity contribution in [2.75, 3.05) is 20.1 Å². The molecule has 0 aliphatic carbocycles. The number of likely N-dealkylation sites (N-methyl/N-ethyl adjacent to an activating group) is 1. The average molecular weight is 425 g/mol. The van der Waals surface area contributed by atoms with Gasteiger partial charge in [0.2, 0.25) is 0 Å². The normalized spacial score (nSPS) is 20.5. The van der Waals surface area contributed by atoms with Crippen molar-refractivity contribution in [2.24, 2.45) is 0 Å². The molecule has 0 saturated carbocycles. The maximum absolute atomic E-state index is 12.5. The molecule has 1 aliphatic rings. The minimum Gasteiger partial charge on any atom is -0.480 e. The predicted molar refractivity (Wildman–Crippen MR) is 120 cm³/mol. The second-order valence-electron chi connectivity index (χ2n) is 8.47. The van der Waals surface area contributed by atoms with Crippen LogP contribution in [0, 0.1) is 0 Å². The topological polar surface area (TPSA) is 78.9 Å². The number of ether oxygens (including phenoxy) is 1. The van der Waals surface area contributed by atoms with Crippen LogP contribution in [0.5, 0.6) is 5.75 Å². The summed E-state index contributed by atoms with van der Waals surface area (Å²) in [7, 11) is 2.16. The quantitative estimate of drug-likeness (QED) is 0.695. The van der Waals surface area contributed by atoms with Crippen molar-refractivity contribution in [1.82, 2.24) is 10.2 Å². The molecule has 1 aliphatic heterocycles. The maximum Gasteiger partial charge on any atom is 0.413 e. The van der Waals surface area contributed by atoms with Gasteiger partial charge in [-0.25, -0.2) is 9.59 Å². The van der Waals surface area contributed by atoms with E-state index in [1.807, 2.05) is 42.5 Å². The summed E-state index contributed by atoms with van der Waals surface area (Å²) < 4.78 is 5.48. The molecular formula is C25H32N2O4. The standard InChI is InChI=1S/C25H32N2O4/c1-3-25(14-7-8-15-27(2)18-25)20-12-9-13-21(17-20)31-24(30)26-22(23(28)29)16-19-10-5-4-6-11-19/h4-6,9-13,17,22H,3,7-8,14-16,18H2,1-2H3,(H,26,30)(H,28,29)/t22-,25?/m0/s1. The number of nitrogens with zero attached hydrogens (tertiary/aromatic N) is 1. The van der Waals surface area contributed by atoms with Gasteiger partial charge in [0.05, 0.1) is 0 Å². The zero-order valence-corrected chi connectivity index (χ0v) is 18.3. The van der Waals surface area contributed by atoms with E-state index in [1.165, 1.54) is 12.8 Å². The first kappa shape index (κ1) is 22.8. The third kappa shape index (κ3) is 6.07. The highest BCUT2D eigenvalue weighted by molar-refractivity contribution is 5.81. The van der Waals surface area contributed by atoms with Crippen molar-refractivity contribution < 1.29 is 19.4 Å². The molecule has 2 N–H and O–H groups in total. The number of benzene rings is 2. The summed E-state index contributed by atoms with van der Waals surface area (Å²) >= 11 is 0. The highest BCUT2D eigenvalue weighted by atomic mass is 16.6. The molecule has 31 heavy (non-hydrogen) atoms. The SMILES string of the molecule is CCC1(c2cccc(OC(=O)N[C@@H](Cc3ccccc3)C(=O)O)c2)CCCCN(C)C1. The third-order valence-electron chi connectivity index (χ3n) is 6.22. The van der Waals surface area contributed by atoms with Gasteiger partial charge < -0.3 is 20.1 Å². The molecule has 2 aromatic rings. The molecular weight excluding hydrogens is 392 g/mol. The average Bonchev–Trinajstić information content (AvgIpc) is 2.96. The van der Waals surface area contributed by atoms with E-state index in [4.69, 9.17) is 4.74 Å². The van der Waals surface area contributed by atoms with Gasteiger partial charge in [0, 0.05) is 18.4 Å². The highest BCUT2D eigenvalue weighted by Crippen LogP contribution is 2.37. The first-order chi connectivity index (χ1) is 14.9. The number of carbonyl (C=O) groups excluding carboxylic acids is 1. The van der Waals surface area contributed by atoms with Gasteiger partial charge in [0.15, 0.2) is 0 Å². The molecule has 1 unspecified atom stereocenters. The third-order valence-corrected chi connectivity index (χ3v) is 6.22. The summed E-state index contributed by atoms with van der Waals surface area (Å²) in [6, 6.07) is 15.8. The fourth-order valence-electron chi connectivity index (χ4n) is 4.47. The van der Waals surface area contributed by atoms with E-state index in [1.54, 1.807) is 6.07 Å². The number of nitrogens with one attached hydrogen (secondary N) is 1. The Bertz CT molecular complexity index is 886. The van der Waals surface area contributed by atoms with Gasteiger partial charge in [0.1, 0.15) is 11.8 Å². The molecule has 1 heterocycles. The van der Waals surface area contributed by atoms with Gasteiger partial charge in [-0.3, -0.25) is 0 Å². The summed E-state index contributed by atoms with van der Waals surface area (Å²) in [5.41, 5.74) is 2.02. The highest BCUT2D eigenvalue weighted by Gasteiger charge is 2.33. The lowest BCUT2D eigenvalue weighted by Crippen LogP contribution is -2.43. The van der Waals surface area contributed by atoms with E-state index in [-0.39, 0.29) is 11.8 Å². The van der Waals surface area contributed by atoms with E-state index in [0.717, 1.165) is 37.1 Å². The monoisotopic (exact) mass is 424 g/mol. The number of hydrogen-bond donors (Lipinski definition) is 2. The van der Waals surface area contributed by atoms with E-state index in [2.05, 4.69) is 30.3 Å². The van der Waals surface area contributed by atoms with Crippen LogP contribution >= 0.6 is 0 Å². The Hall–Kier alpha value is -2.86. The Morgan fingerprint density at radius 1 is 1.16 bits per heavy atom. The molecule has 1 amide bonds. The molecule has 2 atom stereocenters. The van der Waals surface area contributed by atoms with Crippen molar-refractivity contribution in [3.63, 3.8) is 0 Å². The lowest BCUT2D eigenvalue weighted by Gasteiger charge is -2.35. The van der Waals surface area contributed by atoms with E-state index >= 15 is 0 Å². The van der Waals surface area contributed by atoms with Gasteiger partial charge in [-0.1, -0.05) is 55.8 Å². The van der Waals surface area contributed by atoms with Crippen LogP contribution < -0.4 is 10.1 Å². The molecule has 0 radical (unpaired) electrons. The molecule has 1 fully saturated rings. The second kappa shape index (κ2) is 10.4. The van der Waals surface area contributed by atoms with Gasteiger partial charge >= 0.3 is 12.1 Å². The Morgan fingerprint density at radius 3 is 2.65 bits per heavy atom. The van der Waals surface area contributed by atoms with Crippen molar-refractivity contribution in [2.45, 2.75) is 50.5 Å². The van der Waals surface area contributed by atoms with Crippen LogP contribution in [-0.2, 0) is 16.6 Å². The van der Waals surface area contributed by atoms with E-state index in [9.17, 15) is 14.7 Å². The number of amides is 1. The fourth-order valence-corrected chi connectivity index (χ4v) is 4.47. The number of carboxylic acids is 1. The number of carboxylic acid groups (broad SMARTS) is 1. The molecule has 166 valence electrons. The zero-order valence-electron chi connectivity index (χ0n) is 18.3. The number of likely N-dealkylation sites (tertiary alicyclic amines) is 1. The summed E-state index contributed by atoms with van der Waals surface area (Å²) in [5, 5.41) is 12.0. The zero-order chi connectivity index (χ0) is 22.3. The lowest BCUT2D eigenvalue weighted by atomic mass is 9.74. The van der Waals surface area contributed by atoms with Crippen molar-refractivity contribution in [3.05, 3.63) is 65.7 Å². The lowest BCUT2D eigenvalue weighted by molar-refractivity contribution is -0.139. The molecule has 0 bridgehead atoms. The van der Waals surface area contributed by atoms with E-state index < -0.39 is 18.1 Å². The molecule has 0 aromatic heterocycles. The van der Waals surface area contributed by atoms with Crippen LogP contribution in [-0.4, -0.2) is 48.2 Å². The van der Waals surface area contributed by atoms with Gasteiger partial charge in [0.25, 0.3) is 0 Å². The number of aliphatic carboxylic acids is 1. The summed E-state index contributed by atoms with van der Waals surface area (Å²) in [5.74, 6) is -0.667. The van der Waals surface area contributed by atoms with Crippen LogP contribution in [0.25, 0.3) is 0 Å². The first-order valence-corrected chi connectivity index (χ1v) is 11.0. The van der Waals surface area contributed by atoms with Gasteiger partial charge in [-0.2, -0.15) is 0 Å². The minimum absolute atomic E-state index is 0.0258. The summed E-state index contributed by atoms with van der Waals surface area (Å²) in [4.78, 5) is 26.5. The second-order valence-corrected chi connectivity index (χ2v) is 8.47. The molecule has 3 rings (SSSR count). The van der Waals surface area contributed by atoms with Crippen LogP contribution in [0.15, 0.2) is 54.6 Å². The summed E-state index contributed by atoms with van der Waals surface area (Å²) in [6.45, 7) is 4.27. The molecule has 6 nitrogen and oxygen atoms in total. The number of rotatable bonds is 7. The van der Waals surface area contributed by atoms with Crippen molar-refractivity contribution >= 4 is 12.1 Å². The van der Waals surface area contributed by atoms with Crippen LogP contribution in [0.3, 0.4) is 0 Å². The predicted octanol–water partition coefficient (Wildman–Crippen LogP) is 4.23. The Kier molecular flexibility index (Phi) is 7.69. The number of hydrogen-bond acceptors (Lipinski definition) is 4. The Labute approximate surface area is 184 Å². The van der Waals surface area contributed by atoms with Crippen molar-refractivity contribution in [3.8, 4) is 5.75 Å². The van der Waals surface area contributed by atoms with Crippen LogP contribution in [0.4, 0.5) is 4.79 Å². The van der Waals surface area contributed by atoms with Crippen molar-refractivity contribution in [1.29, 1.82) is 0 Å². The van der Waals surface area contributed by atoms with Gasteiger partial charge in [-0.05, 0) is 56.1 Å². The maximum atomic E-state index is 12.5. The number of carbonyl (C=O) groups is 2. The first-order valence-electron chi connectivity index (χ1n) is 11.0. The Morgan fingerprint density at radius 2 is 1.94 bits per heavy atom.